The first-order valence-corrected chi connectivity index (χ1v) is 11.0. The second kappa shape index (κ2) is 10.2. The Labute approximate surface area is 195 Å². The van der Waals surface area contributed by atoms with E-state index in [0.29, 0.717) is 31.4 Å². The van der Waals surface area contributed by atoms with Crippen molar-refractivity contribution in [2.24, 2.45) is 0 Å². The fourth-order valence-electron chi connectivity index (χ4n) is 2.86. The summed E-state index contributed by atoms with van der Waals surface area (Å²) in [6.45, 7) is 3.63. The Hall–Kier alpha value is -2.55. The van der Waals surface area contributed by atoms with Crippen LogP contribution in [0.1, 0.15) is 19.4 Å². The molecule has 3 rings (SSSR count). The molecule has 2 amide bonds. The Morgan fingerprint density at radius 1 is 1.26 bits per heavy atom. The smallest absolute Gasteiger partial charge is 0.266 e. The summed E-state index contributed by atoms with van der Waals surface area (Å²) < 4.78 is 11.5. The van der Waals surface area contributed by atoms with Gasteiger partial charge in [-0.25, -0.2) is 0 Å². The van der Waals surface area contributed by atoms with Crippen LogP contribution in [0.5, 0.6) is 11.5 Å². The van der Waals surface area contributed by atoms with Crippen LogP contribution in [0.4, 0.5) is 5.69 Å². The van der Waals surface area contributed by atoms with Crippen LogP contribution >= 0.6 is 35.6 Å². The van der Waals surface area contributed by atoms with E-state index in [1.165, 1.54) is 18.9 Å². The second-order valence-electron chi connectivity index (χ2n) is 6.87. The number of benzene rings is 2. The Morgan fingerprint density at radius 2 is 2.00 bits per heavy atom. The highest BCUT2D eigenvalue weighted by molar-refractivity contribution is 8.26. The number of rotatable bonds is 7. The number of halogens is 1. The molecular weight excluding hydrogens is 456 g/mol. The normalized spacial score (nSPS) is 15.0. The van der Waals surface area contributed by atoms with E-state index in [9.17, 15) is 9.59 Å². The van der Waals surface area contributed by atoms with Crippen LogP contribution in [-0.4, -0.2) is 40.8 Å². The number of nitrogens with zero attached hydrogens (tertiary/aromatic N) is 1. The number of nitrogens with one attached hydrogen (secondary N) is 1. The minimum atomic E-state index is -0.350. The van der Waals surface area contributed by atoms with Gasteiger partial charge in [0.2, 0.25) is 0 Å². The molecule has 1 aliphatic heterocycles. The van der Waals surface area contributed by atoms with Gasteiger partial charge in [0, 0.05) is 6.04 Å². The third-order valence-electron chi connectivity index (χ3n) is 4.33. The Morgan fingerprint density at radius 3 is 2.65 bits per heavy atom. The molecule has 9 heteroatoms. The third-order valence-corrected chi connectivity index (χ3v) is 5.99. The van der Waals surface area contributed by atoms with Gasteiger partial charge in [0.05, 0.1) is 22.7 Å². The van der Waals surface area contributed by atoms with Crippen LogP contribution in [0.3, 0.4) is 0 Å². The molecule has 2 aromatic rings. The minimum Gasteiger partial charge on any atom is -0.493 e. The zero-order valence-electron chi connectivity index (χ0n) is 17.2. The Kier molecular flexibility index (Phi) is 7.59. The first kappa shape index (κ1) is 23.1. The fraction of sp³-hybridized carbons (Fsp3) is 0.227. The maximum absolute atomic E-state index is 12.6. The maximum Gasteiger partial charge on any atom is 0.266 e. The molecule has 6 nitrogen and oxygen atoms in total. The van der Waals surface area contributed by atoms with E-state index in [4.69, 9.17) is 33.3 Å². The molecule has 0 atom stereocenters. The van der Waals surface area contributed by atoms with E-state index in [1.807, 2.05) is 13.8 Å². The molecule has 0 aromatic heterocycles. The van der Waals surface area contributed by atoms with Gasteiger partial charge in [0.1, 0.15) is 4.32 Å². The number of thiocarbonyl (C=S) groups is 1. The second-order valence-corrected chi connectivity index (χ2v) is 8.96. The summed E-state index contributed by atoms with van der Waals surface area (Å²) in [6, 6.07) is 12.2. The van der Waals surface area contributed by atoms with Gasteiger partial charge in [-0.2, -0.15) is 0 Å². The highest BCUT2D eigenvalue weighted by Crippen LogP contribution is 2.35. The van der Waals surface area contributed by atoms with Crippen molar-refractivity contribution in [2.75, 3.05) is 19.0 Å². The van der Waals surface area contributed by atoms with Gasteiger partial charge < -0.3 is 14.8 Å². The van der Waals surface area contributed by atoms with Crippen molar-refractivity contribution in [2.45, 2.75) is 19.9 Å². The molecular formula is C22H21ClN2O4S2. The lowest BCUT2D eigenvalue weighted by molar-refractivity contribution is -0.123. The number of ether oxygens (including phenoxy) is 2. The van der Waals surface area contributed by atoms with Gasteiger partial charge >= 0.3 is 0 Å². The number of anilines is 1. The fourth-order valence-corrected chi connectivity index (χ4v) is 4.57. The molecule has 1 heterocycles. The van der Waals surface area contributed by atoms with Crippen molar-refractivity contribution in [3.05, 3.63) is 58.0 Å². The molecule has 162 valence electrons. The van der Waals surface area contributed by atoms with E-state index in [2.05, 4.69) is 5.32 Å². The molecule has 1 N–H and O–H groups in total. The lowest BCUT2D eigenvalue weighted by Crippen LogP contribution is -2.34. The van der Waals surface area contributed by atoms with Crippen LogP contribution in [0, 0.1) is 0 Å². The average molecular weight is 477 g/mol. The molecule has 0 bridgehead atoms. The minimum absolute atomic E-state index is 0.000579. The number of carbonyl (C=O) groups excluding carboxylic acids is 2. The van der Waals surface area contributed by atoms with Crippen molar-refractivity contribution in [1.29, 1.82) is 0 Å². The van der Waals surface area contributed by atoms with E-state index in [1.54, 1.807) is 53.4 Å². The van der Waals surface area contributed by atoms with E-state index >= 15 is 0 Å². The lowest BCUT2D eigenvalue weighted by atomic mass is 10.1. The summed E-state index contributed by atoms with van der Waals surface area (Å²) in [4.78, 5) is 26.9. The van der Waals surface area contributed by atoms with Crippen LogP contribution in [0.2, 0.25) is 5.02 Å². The summed E-state index contributed by atoms with van der Waals surface area (Å²) in [6.07, 6.45) is 1.76. The molecule has 1 fully saturated rings. The topological polar surface area (TPSA) is 67.9 Å². The number of thioether (sulfide) groups is 1. The molecule has 0 saturated carbocycles. The van der Waals surface area contributed by atoms with Crippen LogP contribution in [0.25, 0.3) is 6.08 Å². The largest absolute Gasteiger partial charge is 0.493 e. The maximum atomic E-state index is 12.6. The zero-order valence-corrected chi connectivity index (χ0v) is 19.6. The van der Waals surface area contributed by atoms with Gasteiger partial charge in [-0.1, -0.05) is 53.8 Å². The van der Waals surface area contributed by atoms with Crippen LogP contribution in [-0.2, 0) is 9.59 Å². The van der Waals surface area contributed by atoms with Crippen LogP contribution < -0.4 is 14.8 Å². The first-order valence-electron chi connectivity index (χ1n) is 9.42. The van der Waals surface area contributed by atoms with Gasteiger partial charge in [-0.05, 0) is 49.8 Å². The van der Waals surface area contributed by atoms with Gasteiger partial charge in [0.25, 0.3) is 11.8 Å². The highest BCUT2D eigenvalue weighted by atomic mass is 35.5. The quantitative estimate of drug-likeness (QED) is 0.449. The van der Waals surface area contributed by atoms with Gasteiger partial charge in [-0.3, -0.25) is 14.5 Å². The summed E-state index contributed by atoms with van der Waals surface area (Å²) in [5.74, 6) is 0.388. The Balaban J connectivity index is 1.69. The number of methoxy groups -OCH3 is 1. The molecule has 31 heavy (non-hydrogen) atoms. The highest BCUT2D eigenvalue weighted by Gasteiger charge is 2.33. The zero-order chi connectivity index (χ0) is 22.5. The summed E-state index contributed by atoms with van der Waals surface area (Å²) >= 11 is 12.6. The third kappa shape index (κ3) is 5.58. The monoisotopic (exact) mass is 476 g/mol. The predicted octanol–water partition coefficient (Wildman–Crippen LogP) is 4.98. The molecule has 0 spiro atoms. The number of hydrogen-bond donors (Lipinski definition) is 1. The van der Waals surface area contributed by atoms with Crippen LogP contribution in [0.15, 0.2) is 47.4 Å². The molecule has 0 unspecified atom stereocenters. The average Bonchev–Trinajstić information content (AvgIpc) is 3.01. The number of carbonyl (C=O) groups is 2. The predicted molar refractivity (Wildman–Crippen MR) is 129 cm³/mol. The molecule has 1 saturated heterocycles. The number of hydrogen-bond acceptors (Lipinski definition) is 6. The van der Waals surface area contributed by atoms with Crippen molar-refractivity contribution in [3.63, 3.8) is 0 Å². The number of para-hydroxylation sites is 1. The molecule has 2 aromatic carbocycles. The molecule has 0 radical (unpaired) electrons. The van der Waals surface area contributed by atoms with Crippen molar-refractivity contribution < 1.29 is 19.1 Å². The standard InChI is InChI=1S/C22H21ClN2O4S2/c1-13(2)25-21(27)19(31-22(25)30)11-14-8-9-17(18(10-14)28-3)29-12-20(26)24-16-7-5-4-6-15(16)23/h4-11,13H,12H2,1-3H3,(H,24,26)/b19-11-. The molecule has 0 aliphatic carbocycles. The SMILES string of the molecule is COc1cc(/C=C2\SC(=S)N(C(C)C)C2=O)ccc1OCC(=O)Nc1ccccc1Cl. The summed E-state index contributed by atoms with van der Waals surface area (Å²) in [5, 5.41) is 3.14. The lowest BCUT2D eigenvalue weighted by Gasteiger charge is -2.18. The van der Waals surface area contributed by atoms with E-state index in [0.717, 1.165) is 5.56 Å². The molecule has 1 aliphatic rings. The van der Waals surface area contributed by atoms with Crippen molar-refractivity contribution in [1.82, 2.24) is 4.90 Å². The summed E-state index contributed by atoms with van der Waals surface area (Å²) in [5.41, 5.74) is 1.27. The number of amides is 2. The van der Waals surface area contributed by atoms with E-state index in [-0.39, 0.29) is 24.5 Å². The summed E-state index contributed by atoms with van der Waals surface area (Å²) in [7, 11) is 1.51. The first-order chi connectivity index (χ1) is 14.8. The van der Waals surface area contributed by atoms with E-state index < -0.39 is 0 Å². The van der Waals surface area contributed by atoms with Gasteiger partial charge in [0.15, 0.2) is 18.1 Å². The van der Waals surface area contributed by atoms with Crippen molar-refractivity contribution in [3.8, 4) is 11.5 Å². The Bertz CT molecular complexity index is 1060. The van der Waals surface area contributed by atoms with Crippen molar-refractivity contribution >= 4 is 63.5 Å². The van der Waals surface area contributed by atoms with Gasteiger partial charge in [-0.15, -0.1) is 0 Å².